The van der Waals surface area contributed by atoms with E-state index < -0.39 is 66.6 Å². The third-order valence-electron chi connectivity index (χ3n) is 3.89. The van der Waals surface area contributed by atoms with E-state index in [1.165, 1.54) is 5.32 Å². The molecule has 0 amide bonds. The molecule has 0 aliphatic rings. The van der Waals surface area contributed by atoms with Gasteiger partial charge in [0.15, 0.2) is 5.96 Å². The molecule has 0 aromatic carbocycles. The van der Waals surface area contributed by atoms with Crippen LogP contribution in [0, 0.1) is 0 Å². The third kappa shape index (κ3) is 5.12. The lowest BCUT2D eigenvalue weighted by molar-refractivity contribution is -0.443. The van der Waals surface area contributed by atoms with Crippen LogP contribution in [0.25, 0.3) is 0 Å². The normalized spacial score (nSPS) is 16.2. The minimum Gasteiger partial charge on any atom is -0.359 e. The number of halogens is 17. The Hall–Kier alpha value is -1.92. The van der Waals surface area contributed by atoms with Gasteiger partial charge in [0, 0.05) is 26.9 Å². The lowest BCUT2D eigenvalue weighted by atomic mass is 9.89. The van der Waals surface area contributed by atoms with Gasteiger partial charge in [-0.1, -0.05) is 0 Å². The number of hydrogen-bond donors (Lipinski definition) is 2. The van der Waals surface area contributed by atoms with Crippen LogP contribution in [0.3, 0.4) is 0 Å². The molecule has 198 valence electrons. The van der Waals surface area contributed by atoms with Crippen molar-refractivity contribution < 1.29 is 74.6 Å². The molecule has 0 rings (SSSR count). The second kappa shape index (κ2) is 8.70. The van der Waals surface area contributed by atoms with Gasteiger partial charge in [-0.2, -0.15) is 74.6 Å². The van der Waals surface area contributed by atoms with E-state index in [-0.39, 0.29) is 5.32 Å². The maximum absolute atomic E-state index is 13.6. The van der Waals surface area contributed by atoms with Crippen LogP contribution in [-0.2, 0) is 0 Å². The van der Waals surface area contributed by atoms with Gasteiger partial charge in [0.1, 0.15) is 0 Å². The number of guanidine groups is 1. The van der Waals surface area contributed by atoms with E-state index in [0.29, 0.717) is 14.1 Å². The van der Waals surface area contributed by atoms with E-state index in [0.717, 1.165) is 0 Å². The SMILES string of the molecule is CN=C(NC)NC(F)(F)C(F)(F)C(F)(F)C(F)(F)C(F)(F)C(F)(F)C(F)(F)CCC(F)(F)F. The largest absolute Gasteiger partial charge is 0.398 e. The molecule has 0 aromatic heterocycles. The summed E-state index contributed by atoms with van der Waals surface area (Å²) in [5.41, 5.74) is 0. The maximum Gasteiger partial charge on any atom is 0.398 e. The van der Waals surface area contributed by atoms with Gasteiger partial charge in [-0.25, -0.2) is 0 Å². The molecule has 3 nitrogen and oxygen atoms in total. The molecule has 0 aliphatic heterocycles. The average Bonchev–Trinajstić information content (AvgIpc) is 2.62. The van der Waals surface area contributed by atoms with Crippen molar-refractivity contribution in [1.82, 2.24) is 10.6 Å². The Morgan fingerprint density at radius 1 is 0.576 bits per heavy atom. The molecule has 0 spiro atoms. The molecule has 20 heteroatoms. The van der Waals surface area contributed by atoms with Crippen molar-refractivity contribution in [2.24, 2.45) is 4.99 Å². The van der Waals surface area contributed by atoms with E-state index in [4.69, 9.17) is 0 Å². The Labute approximate surface area is 172 Å². The Kier molecular flexibility index (Phi) is 8.19. The highest BCUT2D eigenvalue weighted by Gasteiger charge is 2.92. The summed E-state index contributed by atoms with van der Waals surface area (Å²) in [5.74, 6) is -48.8. The van der Waals surface area contributed by atoms with E-state index in [1.54, 1.807) is 0 Å². The highest BCUT2D eigenvalue weighted by Crippen LogP contribution is 2.62. The summed E-state index contributed by atoms with van der Waals surface area (Å²) in [5, 5.41) is 1.61. The van der Waals surface area contributed by atoms with E-state index in [2.05, 4.69) is 4.99 Å². The fraction of sp³-hybridized carbons (Fsp3) is 0.923. The van der Waals surface area contributed by atoms with Crippen molar-refractivity contribution in [1.29, 1.82) is 0 Å². The first-order valence-electron chi connectivity index (χ1n) is 7.84. The number of aliphatic imine (C=N–C) groups is 1. The molecule has 0 saturated heterocycles. The van der Waals surface area contributed by atoms with Crippen molar-refractivity contribution in [3.63, 3.8) is 0 Å². The third-order valence-corrected chi connectivity index (χ3v) is 3.89. The van der Waals surface area contributed by atoms with Crippen LogP contribution in [-0.4, -0.2) is 67.8 Å². The Morgan fingerprint density at radius 3 is 1.27 bits per heavy atom. The molecule has 2 N–H and O–H groups in total. The van der Waals surface area contributed by atoms with Crippen molar-refractivity contribution in [2.45, 2.75) is 60.6 Å². The van der Waals surface area contributed by atoms with Crippen molar-refractivity contribution in [3.05, 3.63) is 0 Å². The number of rotatable bonds is 9. The summed E-state index contributed by atoms with van der Waals surface area (Å²) in [6, 6.07) is -6.65. The molecule has 0 aliphatic carbocycles. The van der Waals surface area contributed by atoms with Gasteiger partial charge < -0.3 is 5.32 Å². The van der Waals surface area contributed by atoms with Gasteiger partial charge in [-0.15, -0.1) is 0 Å². The highest BCUT2D eigenvalue weighted by molar-refractivity contribution is 5.79. The highest BCUT2D eigenvalue weighted by atomic mass is 19.4. The second-order valence-electron chi connectivity index (χ2n) is 6.21. The molecular weight excluding hydrogens is 521 g/mol. The number of nitrogens with one attached hydrogen (secondary N) is 2. The monoisotopic (exact) mass is 533 g/mol. The molecule has 0 heterocycles. The zero-order valence-electron chi connectivity index (χ0n) is 15.8. The summed E-state index contributed by atoms with van der Waals surface area (Å²) in [7, 11) is 1.17. The van der Waals surface area contributed by atoms with Crippen molar-refractivity contribution in [3.8, 4) is 0 Å². The van der Waals surface area contributed by atoms with Crippen LogP contribution in [0.4, 0.5) is 74.6 Å². The predicted molar refractivity (Wildman–Crippen MR) is 75.5 cm³/mol. The standard InChI is InChI=1S/C13H12F17N3/c1-31-5(32-2)33-13(29,30)12(27,28)11(25,26)10(23,24)9(21,22)8(19,20)6(14,15)3-4-7(16,17)18/h3-4H2,1-2H3,(H2,31,32,33). The first-order chi connectivity index (χ1) is 14.2. The fourth-order valence-electron chi connectivity index (χ4n) is 1.93. The summed E-state index contributed by atoms with van der Waals surface area (Å²) >= 11 is 0. The smallest absolute Gasteiger partial charge is 0.359 e. The number of hydrogen-bond acceptors (Lipinski definition) is 1. The summed E-state index contributed by atoms with van der Waals surface area (Å²) in [4.78, 5) is 2.70. The minimum absolute atomic E-state index is 0.105. The van der Waals surface area contributed by atoms with Crippen LogP contribution in [0.15, 0.2) is 4.99 Å². The minimum atomic E-state index is -8.37. The Balaban J connectivity index is 6.49. The zero-order chi connectivity index (χ0) is 27.1. The fourth-order valence-corrected chi connectivity index (χ4v) is 1.93. The number of alkyl halides is 17. The molecule has 0 atom stereocenters. The van der Waals surface area contributed by atoms with E-state index in [9.17, 15) is 74.6 Å². The Bertz CT molecular complexity index is 709. The van der Waals surface area contributed by atoms with Gasteiger partial charge in [0.2, 0.25) is 0 Å². The van der Waals surface area contributed by atoms with Crippen LogP contribution >= 0.6 is 0 Å². The zero-order valence-corrected chi connectivity index (χ0v) is 15.8. The van der Waals surface area contributed by atoms with Crippen LogP contribution in [0.5, 0.6) is 0 Å². The number of nitrogens with zero attached hydrogens (tertiary/aromatic N) is 1. The average molecular weight is 533 g/mol. The maximum atomic E-state index is 13.6. The van der Waals surface area contributed by atoms with E-state index >= 15 is 0 Å². The van der Waals surface area contributed by atoms with Gasteiger partial charge in [0.05, 0.1) is 0 Å². The topological polar surface area (TPSA) is 36.4 Å². The molecule has 0 unspecified atom stereocenters. The molecular formula is C13H12F17N3. The quantitative estimate of drug-likeness (QED) is 0.177. The first-order valence-corrected chi connectivity index (χ1v) is 7.84. The lowest BCUT2D eigenvalue weighted by Crippen LogP contribution is -2.75. The van der Waals surface area contributed by atoms with Crippen LogP contribution in [0.2, 0.25) is 0 Å². The summed E-state index contributed by atoms with van der Waals surface area (Å²) < 4.78 is 225. The van der Waals surface area contributed by atoms with Gasteiger partial charge in [-0.3, -0.25) is 10.3 Å². The Morgan fingerprint density at radius 2 is 0.939 bits per heavy atom. The van der Waals surface area contributed by atoms with Gasteiger partial charge >= 0.3 is 47.8 Å². The van der Waals surface area contributed by atoms with Crippen molar-refractivity contribution in [2.75, 3.05) is 14.1 Å². The van der Waals surface area contributed by atoms with Crippen molar-refractivity contribution >= 4 is 5.96 Å². The molecule has 33 heavy (non-hydrogen) atoms. The summed E-state index contributed by atoms with van der Waals surface area (Å²) in [6.07, 6.45) is -12.1. The molecule has 0 radical (unpaired) electrons. The predicted octanol–water partition coefficient (Wildman–Crippen LogP) is 5.53. The second-order valence-corrected chi connectivity index (χ2v) is 6.21. The van der Waals surface area contributed by atoms with Crippen LogP contribution in [0.1, 0.15) is 12.8 Å². The van der Waals surface area contributed by atoms with E-state index in [1.807, 2.05) is 0 Å². The molecule has 0 aromatic rings. The molecule has 0 bridgehead atoms. The van der Waals surface area contributed by atoms with Crippen LogP contribution < -0.4 is 10.6 Å². The molecule has 0 saturated carbocycles. The molecule has 0 fully saturated rings. The lowest BCUT2D eigenvalue weighted by Gasteiger charge is -2.42. The van der Waals surface area contributed by atoms with Gasteiger partial charge in [0.25, 0.3) is 0 Å². The van der Waals surface area contributed by atoms with Gasteiger partial charge in [-0.05, 0) is 0 Å². The summed E-state index contributed by atoms with van der Waals surface area (Å²) in [6.45, 7) is 0. The first kappa shape index (κ1) is 31.1.